The van der Waals surface area contributed by atoms with E-state index in [0.29, 0.717) is 5.92 Å². The van der Waals surface area contributed by atoms with E-state index in [1.807, 2.05) is 0 Å². The summed E-state index contributed by atoms with van der Waals surface area (Å²) < 4.78 is 0. The van der Waals surface area contributed by atoms with Crippen LogP contribution in [0.4, 0.5) is 0 Å². The molecule has 0 aliphatic rings. The molecule has 1 atom stereocenters. The summed E-state index contributed by atoms with van der Waals surface area (Å²) >= 11 is 4.58. The van der Waals surface area contributed by atoms with Gasteiger partial charge in [0, 0.05) is 0 Å². The van der Waals surface area contributed by atoms with Crippen molar-refractivity contribution in [1.82, 2.24) is 5.73 Å². The minimum Gasteiger partial charge on any atom is -0.322 e. The van der Waals surface area contributed by atoms with Crippen molar-refractivity contribution < 1.29 is 0 Å². The summed E-state index contributed by atoms with van der Waals surface area (Å²) in [4.78, 5) is 0.170. The molecule has 0 fully saturated rings. The quantitative estimate of drug-likeness (QED) is 0.602. The summed E-state index contributed by atoms with van der Waals surface area (Å²) in [5.41, 5.74) is 12.5. The van der Waals surface area contributed by atoms with Crippen LogP contribution in [0.5, 0.6) is 0 Å². The number of hydrogen-bond donors (Lipinski definition) is 1. The van der Waals surface area contributed by atoms with Crippen molar-refractivity contribution in [3.05, 3.63) is 0 Å². The highest BCUT2D eigenvalue weighted by atomic mass is 32.1. The Morgan fingerprint density at radius 2 is 2.11 bits per heavy atom. The number of hydrogen-bond acceptors (Lipinski definition) is 2. The molecule has 0 aliphatic carbocycles. The van der Waals surface area contributed by atoms with E-state index < -0.39 is 0 Å². The van der Waals surface area contributed by atoms with Gasteiger partial charge >= 0.3 is 0 Å². The number of nitrogens with two attached hydrogens (primary N) is 1. The molecule has 53 valence electrons. The minimum atomic E-state index is -0.208. The molecule has 0 rings (SSSR count). The van der Waals surface area contributed by atoms with Crippen molar-refractivity contribution in [3.8, 4) is 0 Å². The third-order valence-electron chi connectivity index (χ3n) is 1.06. The molecule has 0 aliphatic heterocycles. The highest BCUT2D eigenvalue weighted by molar-refractivity contribution is 7.80. The smallest absolute Gasteiger partial charge is 0.111 e. The molecular formula is C6H13N2S. The largest absolute Gasteiger partial charge is 0.322 e. The second kappa shape index (κ2) is 3.80. The van der Waals surface area contributed by atoms with Crippen molar-refractivity contribution >= 4 is 17.2 Å². The van der Waals surface area contributed by atoms with Gasteiger partial charge in [-0.3, -0.25) is 5.73 Å². The van der Waals surface area contributed by atoms with Crippen LogP contribution in [-0.4, -0.2) is 11.0 Å². The second-order valence-electron chi connectivity index (χ2n) is 2.60. The highest BCUT2D eigenvalue weighted by Crippen LogP contribution is 2.02. The maximum absolute atomic E-state index is 6.98. The standard InChI is InChI=1S/C6H13N2S/c1-4(2)3-5(7)6(8)9/h4-5,8H,3,7H2,1-2H3. The van der Waals surface area contributed by atoms with Crippen LogP contribution in [0.2, 0.25) is 0 Å². The zero-order valence-electron chi connectivity index (χ0n) is 5.85. The molecule has 0 spiro atoms. The number of thiocarbonyl (C=S) groups is 1. The first-order chi connectivity index (χ1) is 4.04. The van der Waals surface area contributed by atoms with Crippen LogP contribution in [0, 0.1) is 5.92 Å². The topological polar surface area (TPSA) is 49.8 Å². The molecule has 0 saturated heterocycles. The van der Waals surface area contributed by atoms with Gasteiger partial charge in [-0.2, -0.15) is 0 Å². The van der Waals surface area contributed by atoms with Gasteiger partial charge in [-0.15, -0.1) is 0 Å². The molecule has 0 amide bonds. The van der Waals surface area contributed by atoms with Gasteiger partial charge in [0.25, 0.3) is 0 Å². The van der Waals surface area contributed by atoms with Crippen LogP contribution >= 0.6 is 12.2 Å². The molecule has 1 unspecified atom stereocenters. The van der Waals surface area contributed by atoms with E-state index in [1.165, 1.54) is 0 Å². The van der Waals surface area contributed by atoms with Crippen molar-refractivity contribution in [3.63, 3.8) is 0 Å². The van der Waals surface area contributed by atoms with Crippen LogP contribution in [0.15, 0.2) is 0 Å². The van der Waals surface area contributed by atoms with Crippen LogP contribution in [0.25, 0.3) is 0 Å². The van der Waals surface area contributed by atoms with Gasteiger partial charge < -0.3 is 5.73 Å². The third kappa shape index (κ3) is 4.36. The first-order valence-electron chi connectivity index (χ1n) is 3.05. The number of nitrogens with one attached hydrogen (secondary N) is 1. The van der Waals surface area contributed by atoms with E-state index in [2.05, 4.69) is 26.1 Å². The molecule has 0 aromatic carbocycles. The second-order valence-corrected chi connectivity index (χ2v) is 3.04. The van der Waals surface area contributed by atoms with Crippen LogP contribution in [-0.2, 0) is 0 Å². The molecule has 1 radical (unpaired) electrons. The average molecular weight is 145 g/mol. The van der Waals surface area contributed by atoms with Gasteiger partial charge in [0.05, 0.1) is 6.04 Å². The predicted octanol–water partition coefficient (Wildman–Crippen LogP) is 0.970. The Balaban J connectivity index is 3.50. The molecule has 2 nitrogen and oxygen atoms in total. The van der Waals surface area contributed by atoms with Crippen molar-refractivity contribution in [2.75, 3.05) is 0 Å². The van der Waals surface area contributed by atoms with Gasteiger partial charge in [-0.05, 0) is 12.3 Å². The Kier molecular flexibility index (Phi) is 3.73. The van der Waals surface area contributed by atoms with E-state index in [4.69, 9.17) is 11.5 Å². The molecule has 0 aromatic heterocycles. The zero-order chi connectivity index (χ0) is 7.44. The lowest BCUT2D eigenvalue weighted by atomic mass is 10.1. The monoisotopic (exact) mass is 145 g/mol. The Labute approximate surface area is 61.6 Å². The van der Waals surface area contributed by atoms with Gasteiger partial charge in [-0.25, -0.2) is 0 Å². The van der Waals surface area contributed by atoms with Crippen LogP contribution in [0.1, 0.15) is 20.3 Å². The van der Waals surface area contributed by atoms with E-state index >= 15 is 0 Å². The summed E-state index contributed by atoms with van der Waals surface area (Å²) in [5.74, 6) is 0.531. The third-order valence-corrected chi connectivity index (χ3v) is 1.36. The SMILES string of the molecule is CC(C)CC(N)C([NH])=S. The Morgan fingerprint density at radius 1 is 1.67 bits per heavy atom. The summed E-state index contributed by atoms with van der Waals surface area (Å²) in [6.45, 7) is 4.14. The molecule has 0 heterocycles. The van der Waals surface area contributed by atoms with Gasteiger partial charge in [-0.1, -0.05) is 26.1 Å². The van der Waals surface area contributed by atoms with Gasteiger partial charge in [0.15, 0.2) is 0 Å². The Hall–Kier alpha value is -0.150. The maximum Gasteiger partial charge on any atom is 0.111 e. The van der Waals surface area contributed by atoms with E-state index in [-0.39, 0.29) is 11.0 Å². The lowest BCUT2D eigenvalue weighted by Gasteiger charge is -2.10. The molecule has 3 N–H and O–H groups in total. The Bertz CT molecular complexity index is 101. The first-order valence-corrected chi connectivity index (χ1v) is 3.46. The van der Waals surface area contributed by atoms with Gasteiger partial charge in [0.1, 0.15) is 4.99 Å². The summed E-state index contributed by atoms with van der Waals surface area (Å²) in [7, 11) is 0. The van der Waals surface area contributed by atoms with E-state index in [1.54, 1.807) is 0 Å². The lowest BCUT2D eigenvalue weighted by Crippen LogP contribution is -2.31. The average Bonchev–Trinajstić information content (AvgIpc) is 1.63. The fourth-order valence-electron chi connectivity index (χ4n) is 0.615. The van der Waals surface area contributed by atoms with Crippen LogP contribution < -0.4 is 11.5 Å². The highest BCUT2D eigenvalue weighted by Gasteiger charge is 2.07. The molecule has 0 bridgehead atoms. The lowest BCUT2D eigenvalue weighted by molar-refractivity contribution is 0.561. The molecule has 9 heavy (non-hydrogen) atoms. The number of rotatable bonds is 3. The van der Waals surface area contributed by atoms with E-state index in [9.17, 15) is 0 Å². The fraction of sp³-hybridized carbons (Fsp3) is 0.833. The zero-order valence-corrected chi connectivity index (χ0v) is 6.66. The molecule has 3 heteroatoms. The molecule has 0 saturated carbocycles. The minimum absolute atomic E-state index is 0.170. The normalized spacial score (nSPS) is 13.8. The molecular weight excluding hydrogens is 132 g/mol. The summed E-state index contributed by atoms with van der Waals surface area (Å²) in [6, 6.07) is -0.208. The maximum atomic E-state index is 6.98. The summed E-state index contributed by atoms with van der Waals surface area (Å²) in [5, 5.41) is 0. The van der Waals surface area contributed by atoms with Crippen LogP contribution in [0.3, 0.4) is 0 Å². The van der Waals surface area contributed by atoms with Gasteiger partial charge in [0.2, 0.25) is 0 Å². The summed E-state index contributed by atoms with van der Waals surface area (Å²) in [6.07, 6.45) is 0.822. The van der Waals surface area contributed by atoms with Crippen molar-refractivity contribution in [2.24, 2.45) is 11.7 Å². The van der Waals surface area contributed by atoms with Crippen molar-refractivity contribution in [1.29, 1.82) is 0 Å². The fourth-order valence-corrected chi connectivity index (χ4v) is 0.711. The van der Waals surface area contributed by atoms with E-state index in [0.717, 1.165) is 6.42 Å². The predicted molar refractivity (Wildman–Crippen MR) is 43.1 cm³/mol. The van der Waals surface area contributed by atoms with Crippen molar-refractivity contribution in [2.45, 2.75) is 26.3 Å². The molecule has 0 aromatic rings. The first kappa shape index (κ1) is 8.85. The Morgan fingerprint density at radius 3 is 2.22 bits per heavy atom.